The van der Waals surface area contributed by atoms with Crippen LogP contribution in [0.2, 0.25) is 0 Å². The molecule has 0 bridgehead atoms. The Hall–Kier alpha value is -1.94. The van der Waals surface area contributed by atoms with Crippen LogP contribution in [0.3, 0.4) is 0 Å². The van der Waals surface area contributed by atoms with E-state index in [1.54, 1.807) is 0 Å². The fraction of sp³-hybridized carbons (Fsp3) is 0.944. The molecule has 5 atom stereocenters. The first kappa shape index (κ1) is 88.1. The van der Waals surface area contributed by atoms with Crippen LogP contribution in [0.4, 0.5) is 0 Å². The highest BCUT2D eigenvalue weighted by atomic mass is 31.2. The molecule has 90 heavy (non-hydrogen) atoms. The molecule has 0 aromatic rings. The molecule has 2 unspecified atom stereocenters. The summed E-state index contributed by atoms with van der Waals surface area (Å²) in [5.41, 5.74) is 0. The SMILES string of the molecule is CCCCCCCCCCCCCCCCCC(=O)O[C@H](COC(=O)CCCCCCCCCCCCC(C)C)COP(=O)(O)OC[C@@H](O)COP(=O)(O)OC[C@@H](COC(=O)CCCCCCCCCCCC)OC(=O)CCCCCCCCCCCC(C)C. The highest BCUT2D eigenvalue weighted by Gasteiger charge is 2.30. The summed E-state index contributed by atoms with van der Waals surface area (Å²) < 4.78 is 68.3. The van der Waals surface area contributed by atoms with Crippen LogP contribution in [0.5, 0.6) is 0 Å². The first-order valence-corrected chi connectivity index (χ1v) is 40.0. The molecule has 0 saturated heterocycles. The van der Waals surface area contributed by atoms with Gasteiger partial charge in [-0.2, -0.15) is 0 Å². The Kier molecular flexibility index (Phi) is 61.8. The second-order valence-electron chi connectivity index (χ2n) is 26.6. The molecule has 0 aliphatic carbocycles. The summed E-state index contributed by atoms with van der Waals surface area (Å²) in [6.45, 7) is 9.52. The fourth-order valence-electron chi connectivity index (χ4n) is 10.8. The maximum Gasteiger partial charge on any atom is 0.472 e. The van der Waals surface area contributed by atoms with Crippen LogP contribution in [0.1, 0.15) is 363 Å². The Morgan fingerprint density at radius 1 is 0.300 bits per heavy atom. The molecule has 0 amide bonds. The highest BCUT2D eigenvalue weighted by Crippen LogP contribution is 2.45. The third-order valence-corrected chi connectivity index (χ3v) is 18.4. The van der Waals surface area contributed by atoms with Crippen molar-refractivity contribution in [2.45, 2.75) is 381 Å². The third kappa shape index (κ3) is 64.8. The quantitative estimate of drug-likeness (QED) is 0.0222. The molecule has 0 heterocycles. The molecule has 0 radical (unpaired) electrons. The number of aliphatic hydroxyl groups excluding tert-OH is 1. The van der Waals surface area contributed by atoms with Crippen molar-refractivity contribution in [1.82, 2.24) is 0 Å². The van der Waals surface area contributed by atoms with E-state index in [1.165, 1.54) is 180 Å². The van der Waals surface area contributed by atoms with Gasteiger partial charge >= 0.3 is 39.5 Å². The van der Waals surface area contributed by atoms with Gasteiger partial charge in [0.1, 0.15) is 19.3 Å². The topological polar surface area (TPSA) is 237 Å². The van der Waals surface area contributed by atoms with Gasteiger partial charge in [0.15, 0.2) is 12.2 Å². The number of carbonyl (C=O) groups excluding carboxylic acids is 4. The van der Waals surface area contributed by atoms with Crippen molar-refractivity contribution in [2.24, 2.45) is 11.8 Å². The van der Waals surface area contributed by atoms with E-state index in [1.807, 2.05) is 0 Å². The molecular formula is C71H138O17P2. The average molecular weight is 1330 g/mol. The smallest absolute Gasteiger partial charge is 0.462 e. The van der Waals surface area contributed by atoms with Crippen molar-refractivity contribution < 1.29 is 80.2 Å². The van der Waals surface area contributed by atoms with Crippen molar-refractivity contribution in [1.29, 1.82) is 0 Å². The Morgan fingerprint density at radius 3 is 0.756 bits per heavy atom. The second-order valence-corrected chi connectivity index (χ2v) is 29.5. The lowest BCUT2D eigenvalue weighted by molar-refractivity contribution is -0.161. The van der Waals surface area contributed by atoms with Gasteiger partial charge in [0.25, 0.3) is 0 Å². The number of ether oxygens (including phenoxy) is 4. The van der Waals surface area contributed by atoms with E-state index >= 15 is 0 Å². The molecular weight excluding hydrogens is 1190 g/mol. The van der Waals surface area contributed by atoms with Crippen LogP contribution < -0.4 is 0 Å². The van der Waals surface area contributed by atoms with Gasteiger partial charge in [0, 0.05) is 25.7 Å². The van der Waals surface area contributed by atoms with Gasteiger partial charge in [-0.25, -0.2) is 9.13 Å². The zero-order chi connectivity index (χ0) is 66.5. The van der Waals surface area contributed by atoms with Crippen molar-refractivity contribution in [3.63, 3.8) is 0 Å². The standard InChI is InChI=1S/C71H138O17P2/c1-7-9-11-13-15-17-19-20-21-22-23-31-37-43-49-55-70(75)87-66(60-82-69(74)54-48-42-36-30-25-24-27-33-39-45-51-63(3)4)61-85-89(77,78)83-57-65(72)58-84-90(79,80)86-62-67(59-81-68(73)53-47-41-35-29-18-16-14-12-10-8-2)88-71(76)56-50-44-38-32-26-28-34-40-46-52-64(5)6/h63-67,72H,7-62H2,1-6H3,(H,77,78)(H,79,80)/t65-,66-,67-/m1/s1. The van der Waals surface area contributed by atoms with E-state index < -0.39 is 97.5 Å². The molecule has 0 aliphatic rings. The zero-order valence-corrected chi connectivity index (χ0v) is 60.2. The average Bonchev–Trinajstić information content (AvgIpc) is 3.72. The molecule has 19 heteroatoms. The lowest BCUT2D eigenvalue weighted by atomic mass is 10.0. The van der Waals surface area contributed by atoms with Crippen molar-refractivity contribution in [2.75, 3.05) is 39.6 Å². The summed E-state index contributed by atoms with van der Waals surface area (Å²) in [5.74, 6) is -0.627. The molecule has 17 nitrogen and oxygen atoms in total. The van der Waals surface area contributed by atoms with Gasteiger partial charge in [0.05, 0.1) is 26.4 Å². The van der Waals surface area contributed by atoms with Gasteiger partial charge < -0.3 is 33.8 Å². The molecule has 0 aromatic heterocycles. The van der Waals surface area contributed by atoms with Gasteiger partial charge in [-0.15, -0.1) is 0 Å². The predicted molar refractivity (Wildman–Crippen MR) is 363 cm³/mol. The molecule has 0 spiro atoms. The van der Waals surface area contributed by atoms with Gasteiger partial charge in [-0.1, -0.05) is 311 Å². The Labute approximate surface area is 549 Å². The number of hydrogen-bond donors (Lipinski definition) is 3. The maximum absolute atomic E-state index is 13.0. The molecule has 0 aromatic carbocycles. The Balaban J connectivity index is 5.25. The summed E-state index contributed by atoms with van der Waals surface area (Å²) in [5, 5.41) is 10.6. The van der Waals surface area contributed by atoms with Gasteiger partial charge in [-0.3, -0.25) is 37.3 Å². The Bertz CT molecular complexity index is 1750. The molecule has 0 rings (SSSR count). The molecule has 0 fully saturated rings. The van der Waals surface area contributed by atoms with Crippen molar-refractivity contribution in [3.05, 3.63) is 0 Å². The van der Waals surface area contributed by atoms with Crippen LogP contribution in [0, 0.1) is 11.8 Å². The number of phosphoric acid groups is 2. The van der Waals surface area contributed by atoms with Crippen molar-refractivity contribution >= 4 is 39.5 Å². The Morgan fingerprint density at radius 2 is 0.511 bits per heavy atom. The fourth-order valence-corrected chi connectivity index (χ4v) is 12.3. The lowest BCUT2D eigenvalue weighted by Crippen LogP contribution is -2.30. The van der Waals surface area contributed by atoms with E-state index in [9.17, 15) is 43.2 Å². The maximum atomic E-state index is 13.0. The van der Waals surface area contributed by atoms with Gasteiger partial charge in [-0.05, 0) is 37.5 Å². The molecule has 534 valence electrons. The van der Waals surface area contributed by atoms with Crippen LogP contribution >= 0.6 is 15.6 Å². The van der Waals surface area contributed by atoms with Crippen LogP contribution in [0.15, 0.2) is 0 Å². The van der Waals surface area contributed by atoms with Crippen LogP contribution in [-0.4, -0.2) is 96.7 Å². The second kappa shape index (κ2) is 63.1. The summed E-state index contributed by atoms with van der Waals surface area (Å²) in [4.78, 5) is 72.6. The summed E-state index contributed by atoms with van der Waals surface area (Å²) >= 11 is 0. The van der Waals surface area contributed by atoms with Crippen molar-refractivity contribution in [3.8, 4) is 0 Å². The minimum Gasteiger partial charge on any atom is -0.462 e. The number of esters is 4. The minimum absolute atomic E-state index is 0.105. The number of rotatable bonds is 70. The third-order valence-electron chi connectivity index (χ3n) is 16.5. The van der Waals surface area contributed by atoms with E-state index in [2.05, 4.69) is 41.5 Å². The normalized spacial score (nSPS) is 14.1. The first-order chi connectivity index (χ1) is 43.4. The summed E-state index contributed by atoms with van der Waals surface area (Å²) in [6.07, 6.45) is 48.5. The largest absolute Gasteiger partial charge is 0.472 e. The van der Waals surface area contributed by atoms with Gasteiger partial charge in [0.2, 0.25) is 0 Å². The monoisotopic (exact) mass is 1320 g/mol. The first-order valence-electron chi connectivity index (χ1n) is 37.0. The van der Waals surface area contributed by atoms with E-state index in [-0.39, 0.29) is 25.7 Å². The molecule has 0 aliphatic heterocycles. The zero-order valence-electron chi connectivity index (χ0n) is 58.4. The highest BCUT2D eigenvalue weighted by molar-refractivity contribution is 7.47. The minimum atomic E-state index is -4.95. The van der Waals surface area contributed by atoms with Crippen LogP contribution in [0.25, 0.3) is 0 Å². The summed E-state index contributed by atoms with van der Waals surface area (Å²) in [6, 6.07) is 0. The van der Waals surface area contributed by atoms with E-state index in [4.69, 9.17) is 37.0 Å². The number of hydrogen-bond acceptors (Lipinski definition) is 15. The number of unbranched alkanes of at least 4 members (excludes halogenated alkanes) is 40. The number of aliphatic hydroxyl groups is 1. The van der Waals surface area contributed by atoms with E-state index in [0.29, 0.717) is 25.7 Å². The molecule has 3 N–H and O–H groups in total. The van der Waals surface area contributed by atoms with E-state index in [0.717, 1.165) is 102 Å². The lowest BCUT2D eigenvalue weighted by Gasteiger charge is -2.21. The molecule has 0 saturated carbocycles. The summed E-state index contributed by atoms with van der Waals surface area (Å²) in [7, 11) is -9.90. The number of phosphoric ester groups is 2. The number of carbonyl (C=O) groups is 4. The predicted octanol–water partition coefficient (Wildman–Crippen LogP) is 20.4. The van der Waals surface area contributed by atoms with Crippen LogP contribution in [-0.2, 0) is 65.4 Å².